The molecule has 3 N–H and O–H groups in total. The second kappa shape index (κ2) is 10.5. The quantitative estimate of drug-likeness (QED) is 0.490. The minimum Gasteiger partial charge on any atom is -0.396 e. The first-order chi connectivity index (χ1) is 15.4. The number of carbonyl (C=O) groups is 1. The van der Waals surface area contributed by atoms with Crippen LogP contribution in [0.25, 0.3) is 0 Å². The summed E-state index contributed by atoms with van der Waals surface area (Å²) >= 11 is 7.06. The Labute approximate surface area is 199 Å². The summed E-state index contributed by atoms with van der Waals surface area (Å²) in [5.41, 5.74) is -0.401. The normalized spacial score (nSPS) is 47.2. The van der Waals surface area contributed by atoms with Crippen LogP contribution in [0.1, 0.15) is 78.1 Å². The maximum atomic E-state index is 13.2. The molecule has 0 spiro atoms. The van der Waals surface area contributed by atoms with Crippen LogP contribution in [0.5, 0.6) is 0 Å². The molecular formula is C26H44ClNO4. The van der Waals surface area contributed by atoms with E-state index in [1.54, 1.807) is 0 Å². The molecule has 1 saturated heterocycles. The summed E-state index contributed by atoms with van der Waals surface area (Å²) in [7, 11) is 0. The van der Waals surface area contributed by atoms with Crippen LogP contribution in [-0.4, -0.2) is 53.5 Å². The molecule has 1 aliphatic heterocycles. The zero-order valence-electron chi connectivity index (χ0n) is 20.0. The van der Waals surface area contributed by atoms with E-state index in [1.807, 2.05) is 0 Å². The molecular weight excluding hydrogens is 426 g/mol. The Bertz CT molecular complexity index is 639. The smallest absolute Gasteiger partial charge is 0.226 e. The van der Waals surface area contributed by atoms with Gasteiger partial charge < -0.3 is 20.3 Å². The zero-order valence-corrected chi connectivity index (χ0v) is 20.7. The first kappa shape index (κ1) is 24.8. The second-order valence-electron chi connectivity index (χ2n) is 11.4. The van der Waals surface area contributed by atoms with Gasteiger partial charge in [0.15, 0.2) is 0 Å². The van der Waals surface area contributed by atoms with Crippen molar-refractivity contribution >= 4 is 17.5 Å². The van der Waals surface area contributed by atoms with E-state index >= 15 is 0 Å². The second-order valence-corrected chi connectivity index (χ2v) is 12.0. The van der Waals surface area contributed by atoms with Gasteiger partial charge in [0.25, 0.3) is 0 Å². The zero-order chi connectivity index (χ0) is 22.9. The fourth-order valence-corrected chi connectivity index (χ4v) is 8.82. The fourth-order valence-electron chi connectivity index (χ4n) is 8.31. The summed E-state index contributed by atoms with van der Waals surface area (Å²) in [6.45, 7) is 5.10. The highest BCUT2D eigenvalue weighted by atomic mass is 35.5. The van der Waals surface area contributed by atoms with Gasteiger partial charge in [0.05, 0.1) is 24.7 Å². The van der Waals surface area contributed by atoms with E-state index in [0.29, 0.717) is 42.6 Å². The van der Waals surface area contributed by atoms with Crippen LogP contribution < -0.4 is 5.32 Å². The third kappa shape index (κ3) is 4.61. The molecule has 0 aromatic heterocycles. The lowest BCUT2D eigenvalue weighted by Gasteiger charge is -2.54. The summed E-state index contributed by atoms with van der Waals surface area (Å²) in [6.07, 6.45) is 10.7. The lowest BCUT2D eigenvalue weighted by molar-refractivity contribution is -0.137. The van der Waals surface area contributed by atoms with E-state index in [2.05, 4.69) is 19.2 Å². The van der Waals surface area contributed by atoms with E-state index in [4.69, 9.17) is 21.4 Å². The molecule has 0 aromatic rings. The van der Waals surface area contributed by atoms with Crippen LogP contribution >= 0.6 is 11.6 Å². The number of fused-ring (bicyclic) bond motifs is 1. The molecule has 6 heteroatoms. The maximum Gasteiger partial charge on any atom is 0.226 e. The van der Waals surface area contributed by atoms with E-state index < -0.39 is 5.41 Å². The average Bonchev–Trinajstić information content (AvgIpc) is 3.02. The topological polar surface area (TPSA) is 78.8 Å². The Morgan fingerprint density at radius 1 is 1.03 bits per heavy atom. The third-order valence-electron chi connectivity index (χ3n) is 9.75. The van der Waals surface area contributed by atoms with Crippen molar-refractivity contribution < 1.29 is 19.7 Å². The molecule has 5 unspecified atom stereocenters. The Hall–Kier alpha value is -0.360. The van der Waals surface area contributed by atoms with Gasteiger partial charge in [-0.05, 0) is 93.8 Å². The highest BCUT2D eigenvalue weighted by Gasteiger charge is 2.61. The number of amides is 1. The first-order valence-corrected chi connectivity index (χ1v) is 13.6. The molecule has 1 amide bonds. The molecule has 4 rings (SSSR count). The van der Waals surface area contributed by atoms with Crippen molar-refractivity contribution in [2.24, 2.45) is 40.9 Å². The van der Waals surface area contributed by atoms with Crippen molar-refractivity contribution in [1.29, 1.82) is 0 Å². The predicted molar refractivity (Wildman–Crippen MR) is 126 cm³/mol. The van der Waals surface area contributed by atoms with Crippen molar-refractivity contribution in [2.75, 3.05) is 19.8 Å². The molecule has 8 atom stereocenters. The lowest BCUT2D eigenvalue weighted by atomic mass is 9.49. The van der Waals surface area contributed by atoms with Crippen LogP contribution in [0, 0.1) is 40.9 Å². The molecule has 3 saturated carbocycles. The number of nitrogens with one attached hydrogen (secondary N) is 1. The molecule has 184 valence electrons. The number of aliphatic hydroxyl groups excluding tert-OH is 2. The number of hydrogen-bond acceptors (Lipinski definition) is 4. The van der Waals surface area contributed by atoms with E-state index in [9.17, 15) is 9.90 Å². The van der Waals surface area contributed by atoms with Crippen molar-refractivity contribution in [3.63, 3.8) is 0 Å². The fraction of sp³-hybridized carbons (Fsp3) is 0.962. The van der Waals surface area contributed by atoms with Gasteiger partial charge in [-0.2, -0.15) is 0 Å². The Balaban J connectivity index is 1.60. The average molecular weight is 470 g/mol. The van der Waals surface area contributed by atoms with Crippen molar-refractivity contribution in [3.8, 4) is 0 Å². The summed E-state index contributed by atoms with van der Waals surface area (Å²) < 4.78 is 5.82. The molecule has 4 fully saturated rings. The number of hydrogen-bond donors (Lipinski definition) is 3. The first-order valence-electron chi connectivity index (χ1n) is 13.2. The number of ether oxygens (including phenoxy) is 1. The third-order valence-corrected chi connectivity index (χ3v) is 10.3. The highest BCUT2D eigenvalue weighted by molar-refractivity contribution is 6.20. The van der Waals surface area contributed by atoms with Crippen LogP contribution in [0.4, 0.5) is 0 Å². The molecule has 3 aliphatic carbocycles. The molecule has 4 aliphatic rings. The lowest BCUT2D eigenvalue weighted by Crippen LogP contribution is -2.52. The number of alkyl halides is 1. The standard InChI is InChI=1S/C26H44ClNO4/c1-16-3-5-18(6-4-16)23-21(20-8-7-19(15-22(20)27)32-14-13-30)9-10-26(11-12-29)24(23)17(2)28-25(26)31/h16-24,29-30H,3-15H2,1-2H3,(H,28,31)/t16?,17-,18?,19?,20?,21?,22?,23?,24+,26+/m1/s1. The summed E-state index contributed by atoms with van der Waals surface area (Å²) in [6, 6.07) is 0.166. The van der Waals surface area contributed by atoms with Gasteiger partial charge in [0.2, 0.25) is 5.91 Å². The van der Waals surface area contributed by atoms with Crippen LogP contribution in [0.15, 0.2) is 0 Å². The largest absolute Gasteiger partial charge is 0.396 e. The van der Waals surface area contributed by atoms with Crippen molar-refractivity contribution in [3.05, 3.63) is 0 Å². The van der Waals surface area contributed by atoms with Gasteiger partial charge in [-0.3, -0.25) is 4.79 Å². The maximum absolute atomic E-state index is 13.2. The van der Waals surface area contributed by atoms with Gasteiger partial charge in [-0.1, -0.05) is 19.8 Å². The minimum atomic E-state index is -0.401. The Kier molecular flexibility index (Phi) is 8.12. The molecule has 1 heterocycles. The summed E-state index contributed by atoms with van der Waals surface area (Å²) in [5, 5.41) is 22.4. The van der Waals surface area contributed by atoms with Gasteiger partial charge in [0, 0.05) is 18.0 Å². The van der Waals surface area contributed by atoms with Crippen molar-refractivity contribution in [2.45, 2.75) is 95.6 Å². The highest BCUT2D eigenvalue weighted by Crippen LogP contribution is 2.60. The van der Waals surface area contributed by atoms with Gasteiger partial charge >= 0.3 is 0 Å². The number of rotatable bonds is 7. The molecule has 32 heavy (non-hydrogen) atoms. The molecule has 0 radical (unpaired) electrons. The number of aliphatic hydroxyl groups is 2. The number of halogens is 1. The summed E-state index contributed by atoms with van der Waals surface area (Å²) in [4.78, 5) is 13.2. The molecule has 0 bridgehead atoms. The van der Waals surface area contributed by atoms with Crippen LogP contribution in [-0.2, 0) is 9.53 Å². The minimum absolute atomic E-state index is 0.0607. The Morgan fingerprint density at radius 3 is 2.44 bits per heavy atom. The van der Waals surface area contributed by atoms with Crippen LogP contribution in [0.2, 0.25) is 0 Å². The predicted octanol–water partition coefficient (Wildman–Crippen LogP) is 4.13. The van der Waals surface area contributed by atoms with Crippen molar-refractivity contribution in [1.82, 2.24) is 5.32 Å². The van der Waals surface area contributed by atoms with Gasteiger partial charge in [0.1, 0.15) is 0 Å². The number of carbonyl (C=O) groups excluding carboxylic acids is 1. The van der Waals surface area contributed by atoms with E-state index in [1.165, 1.54) is 25.7 Å². The summed E-state index contributed by atoms with van der Waals surface area (Å²) in [5.74, 6) is 3.44. The van der Waals surface area contributed by atoms with Gasteiger partial charge in [-0.15, -0.1) is 11.6 Å². The Morgan fingerprint density at radius 2 is 1.78 bits per heavy atom. The molecule has 0 aromatic carbocycles. The molecule has 5 nitrogen and oxygen atoms in total. The van der Waals surface area contributed by atoms with E-state index in [0.717, 1.165) is 38.0 Å². The van der Waals surface area contributed by atoms with Crippen LogP contribution in [0.3, 0.4) is 0 Å². The SMILES string of the molecule is CC1CCC(C2C(C3CCC(OCCO)CC3Cl)CC[C@@]3(CCO)C(=O)N[C@H](C)[C@@H]23)CC1. The monoisotopic (exact) mass is 469 g/mol. The van der Waals surface area contributed by atoms with Gasteiger partial charge in [-0.25, -0.2) is 0 Å². The van der Waals surface area contributed by atoms with E-state index in [-0.39, 0.29) is 36.6 Å².